The van der Waals surface area contributed by atoms with Crippen molar-refractivity contribution in [2.75, 3.05) is 18.5 Å². The second kappa shape index (κ2) is 7.26. The number of pyridine rings is 1. The number of anilines is 1. The molecule has 0 saturated carbocycles. The highest BCUT2D eigenvalue weighted by Gasteiger charge is 2.18. The van der Waals surface area contributed by atoms with Crippen LogP contribution in [0, 0.1) is 18.6 Å². The second-order valence-electron chi connectivity index (χ2n) is 6.29. The minimum atomic E-state index is -0.930. The quantitative estimate of drug-likeness (QED) is 0.731. The molecule has 1 aliphatic heterocycles. The highest BCUT2D eigenvalue weighted by atomic mass is 19.1. The van der Waals surface area contributed by atoms with Gasteiger partial charge in [-0.15, -0.1) is 0 Å². The van der Waals surface area contributed by atoms with Crippen molar-refractivity contribution in [2.24, 2.45) is 0 Å². The number of aryl methyl sites for hydroxylation is 1. The van der Waals surface area contributed by atoms with Crippen molar-refractivity contribution in [3.8, 4) is 22.6 Å². The number of hydrogen-bond donors (Lipinski definition) is 1. The second-order valence-corrected chi connectivity index (χ2v) is 6.29. The Kier molecular flexibility index (Phi) is 4.65. The SMILES string of the molecule is Cc1cc2c(cc1-c1ccc(NC(=O)c3c(F)cccc3F)nc1)OCCO2. The van der Waals surface area contributed by atoms with Gasteiger partial charge in [0.05, 0.1) is 0 Å². The fourth-order valence-corrected chi connectivity index (χ4v) is 3.02. The number of amides is 1. The largest absolute Gasteiger partial charge is 0.486 e. The Balaban J connectivity index is 1.57. The van der Waals surface area contributed by atoms with E-state index in [2.05, 4.69) is 10.3 Å². The molecule has 0 spiro atoms. The zero-order chi connectivity index (χ0) is 19.7. The standard InChI is InChI=1S/C21H16F2N2O3/c1-12-9-17-18(28-8-7-27-17)10-14(12)13-5-6-19(24-11-13)25-21(26)20-15(22)3-2-4-16(20)23/h2-6,9-11H,7-8H2,1H3,(H,24,25,26). The van der Waals surface area contributed by atoms with Crippen LogP contribution in [0.3, 0.4) is 0 Å². The molecule has 0 fully saturated rings. The first-order valence-electron chi connectivity index (χ1n) is 8.65. The Bertz CT molecular complexity index is 1030. The van der Waals surface area contributed by atoms with Gasteiger partial charge >= 0.3 is 0 Å². The van der Waals surface area contributed by atoms with Gasteiger partial charge in [0.15, 0.2) is 11.5 Å². The molecule has 0 unspecified atom stereocenters. The fourth-order valence-electron chi connectivity index (χ4n) is 3.02. The van der Waals surface area contributed by atoms with E-state index in [4.69, 9.17) is 9.47 Å². The molecule has 7 heteroatoms. The first kappa shape index (κ1) is 17.9. The third kappa shape index (κ3) is 3.38. The molecule has 2 aromatic carbocycles. The normalized spacial score (nSPS) is 12.5. The molecule has 0 bridgehead atoms. The molecular weight excluding hydrogens is 366 g/mol. The summed E-state index contributed by atoms with van der Waals surface area (Å²) in [6, 6.07) is 10.4. The maximum Gasteiger partial charge on any atom is 0.262 e. The molecule has 3 aromatic rings. The molecule has 28 heavy (non-hydrogen) atoms. The molecule has 0 saturated heterocycles. The number of fused-ring (bicyclic) bond motifs is 1. The summed E-state index contributed by atoms with van der Waals surface area (Å²) in [6.07, 6.45) is 1.58. The van der Waals surface area contributed by atoms with Gasteiger partial charge < -0.3 is 14.8 Å². The lowest BCUT2D eigenvalue weighted by molar-refractivity contribution is 0.101. The van der Waals surface area contributed by atoms with E-state index >= 15 is 0 Å². The van der Waals surface area contributed by atoms with E-state index < -0.39 is 23.1 Å². The predicted molar refractivity (Wildman–Crippen MR) is 99.7 cm³/mol. The van der Waals surface area contributed by atoms with Crippen LogP contribution in [0.4, 0.5) is 14.6 Å². The number of nitrogens with zero attached hydrogens (tertiary/aromatic N) is 1. The van der Waals surface area contributed by atoms with Gasteiger partial charge in [0, 0.05) is 11.8 Å². The lowest BCUT2D eigenvalue weighted by Gasteiger charge is -2.20. The van der Waals surface area contributed by atoms with Crippen LogP contribution in [0.15, 0.2) is 48.7 Å². The summed E-state index contributed by atoms with van der Waals surface area (Å²) in [5, 5.41) is 2.41. The summed E-state index contributed by atoms with van der Waals surface area (Å²) in [7, 11) is 0. The van der Waals surface area contributed by atoms with Crippen LogP contribution in [0.1, 0.15) is 15.9 Å². The molecule has 1 N–H and O–H groups in total. The molecular formula is C21H16F2N2O3. The molecule has 4 rings (SSSR count). The third-order valence-corrected chi connectivity index (χ3v) is 4.40. The molecule has 1 aromatic heterocycles. The first-order chi connectivity index (χ1) is 13.5. The van der Waals surface area contributed by atoms with Gasteiger partial charge in [-0.1, -0.05) is 6.07 Å². The van der Waals surface area contributed by atoms with Gasteiger partial charge in [0.2, 0.25) is 0 Å². The third-order valence-electron chi connectivity index (χ3n) is 4.40. The summed E-state index contributed by atoms with van der Waals surface area (Å²) in [6.45, 7) is 2.96. The van der Waals surface area contributed by atoms with Crippen molar-refractivity contribution in [3.05, 3.63) is 71.4 Å². The Morgan fingerprint density at radius 1 is 1.04 bits per heavy atom. The topological polar surface area (TPSA) is 60.5 Å². The zero-order valence-corrected chi connectivity index (χ0v) is 15.0. The van der Waals surface area contributed by atoms with E-state index in [0.29, 0.717) is 24.7 Å². The maximum atomic E-state index is 13.7. The van der Waals surface area contributed by atoms with E-state index in [1.807, 2.05) is 19.1 Å². The van der Waals surface area contributed by atoms with Crippen molar-refractivity contribution in [3.63, 3.8) is 0 Å². The molecule has 142 valence electrons. The van der Waals surface area contributed by atoms with Crippen LogP contribution in [0.5, 0.6) is 11.5 Å². The number of nitrogens with one attached hydrogen (secondary N) is 1. The summed E-state index contributed by atoms with van der Waals surface area (Å²) < 4.78 is 38.6. The minimum absolute atomic E-state index is 0.187. The van der Waals surface area contributed by atoms with Crippen LogP contribution in [-0.2, 0) is 0 Å². The number of halogens is 2. The van der Waals surface area contributed by atoms with E-state index in [1.54, 1.807) is 18.3 Å². The lowest BCUT2D eigenvalue weighted by Crippen LogP contribution is -2.16. The smallest absolute Gasteiger partial charge is 0.262 e. The number of benzene rings is 2. The Morgan fingerprint density at radius 3 is 2.36 bits per heavy atom. The van der Waals surface area contributed by atoms with Crippen molar-refractivity contribution in [1.29, 1.82) is 0 Å². The summed E-state index contributed by atoms with van der Waals surface area (Å²) in [5.41, 5.74) is 2.06. The lowest BCUT2D eigenvalue weighted by atomic mass is 10.0. The van der Waals surface area contributed by atoms with Crippen molar-refractivity contribution < 1.29 is 23.0 Å². The molecule has 1 amide bonds. The molecule has 2 heterocycles. The van der Waals surface area contributed by atoms with Crippen LogP contribution in [-0.4, -0.2) is 24.1 Å². The number of carbonyl (C=O) groups is 1. The Morgan fingerprint density at radius 2 is 1.71 bits per heavy atom. The Hall–Kier alpha value is -3.48. The van der Waals surface area contributed by atoms with Gasteiger partial charge in [-0.25, -0.2) is 13.8 Å². The summed E-state index contributed by atoms with van der Waals surface area (Å²) in [5.74, 6) is -1.20. The number of carbonyl (C=O) groups excluding carboxylic acids is 1. The number of hydrogen-bond acceptors (Lipinski definition) is 4. The van der Waals surface area contributed by atoms with Gasteiger partial charge in [-0.3, -0.25) is 4.79 Å². The van der Waals surface area contributed by atoms with E-state index in [9.17, 15) is 13.6 Å². The molecule has 0 atom stereocenters. The van der Waals surface area contributed by atoms with Crippen LogP contribution < -0.4 is 14.8 Å². The molecule has 0 radical (unpaired) electrons. The average molecular weight is 382 g/mol. The molecule has 0 aliphatic carbocycles. The van der Waals surface area contributed by atoms with E-state index in [0.717, 1.165) is 28.8 Å². The first-order valence-corrected chi connectivity index (χ1v) is 8.65. The number of ether oxygens (including phenoxy) is 2. The highest BCUT2D eigenvalue weighted by molar-refractivity contribution is 6.04. The zero-order valence-electron chi connectivity index (χ0n) is 15.0. The number of rotatable bonds is 3. The fraction of sp³-hybridized carbons (Fsp3) is 0.143. The monoisotopic (exact) mass is 382 g/mol. The summed E-state index contributed by atoms with van der Waals surface area (Å²) in [4.78, 5) is 16.3. The van der Waals surface area contributed by atoms with E-state index in [-0.39, 0.29) is 5.82 Å². The maximum absolute atomic E-state index is 13.7. The van der Waals surface area contributed by atoms with Crippen molar-refractivity contribution in [1.82, 2.24) is 4.98 Å². The number of aromatic nitrogens is 1. The highest BCUT2D eigenvalue weighted by Crippen LogP contribution is 2.37. The van der Waals surface area contributed by atoms with Crippen LogP contribution in [0.25, 0.3) is 11.1 Å². The van der Waals surface area contributed by atoms with Gasteiger partial charge in [0.1, 0.15) is 36.2 Å². The van der Waals surface area contributed by atoms with E-state index in [1.165, 1.54) is 6.07 Å². The van der Waals surface area contributed by atoms with Gasteiger partial charge in [0.25, 0.3) is 5.91 Å². The van der Waals surface area contributed by atoms with Crippen molar-refractivity contribution in [2.45, 2.75) is 6.92 Å². The predicted octanol–water partition coefficient (Wildman–Crippen LogP) is 4.36. The van der Waals surface area contributed by atoms with Crippen LogP contribution >= 0.6 is 0 Å². The van der Waals surface area contributed by atoms with Gasteiger partial charge in [-0.2, -0.15) is 0 Å². The molecule has 5 nitrogen and oxygen atoms in total. The molecule has 1 aliphatic rings. The summed E-state index contributed by atoms with van der Waals surface area (Å²) >= 11 is 0. The van der Waals surface area contributed by atoms with Crippen LogP contribution in [0.2, 0.25) is 0 Å². The minimum Gasteiger partial charge on any atom is -0.486 e. The van der Waals surface area contributed by atoms with Crippen molar-refractivity contribution >= 4 is 11.7 Å². The average Bonchev–Trinajstić information content (AvgIpc) is 2.68. The Labute approximate surface area is 159 Å². The van der Waals surface area contributed by atoms with Gasteiger partial charge in [-0.05, 0) is 54.4 Å².